The lowest BCUT2D eigenvalue weighted by atomic mass is 9.82. The van der Waals surface area contributed by atoms with Crippen molar-refractivity contribution in [3.8, 4) is 55.6 Å². The molecule has 1 aliphatic carbocycles. The third kappa shape index (κ3) is 6.49. The van der Waals surface area contributed by atoms with E-state index in [1.165, 1.54) is 110 Å². The minimum Gasteiger partial charge on any atom is -0.344 e. The number of aromatic nitrogens is 1. The number of rotatable bonds is 8. The van der Waals surface area contributed by atoms with Crippen LogP contribution in [0, 0.1) is 0 Å². The minimum absolute atomic E-state index is 1.13. The summed E-state index contributed by atoms with van der Waals surface area (Å²) >= 11 is 0. The van der Waals surface area contributed by atoms with Gasteiger partial charge in [-0.3, -0.25) is 0 Å². The Morgan fingerprint density at radius 2 is 0.866 bits per heavy atom. The van der Waals surface area contributed by atoms with Crippen molar-refractivity contribution < 1.29 is 0 Å². The van der Waals surface area contributed by atoms with Gasteiger partial charge in [0, 0.05) is 40.4 Å². The van der Waals surface area contributed by atoms with Gasteiger partial charge in [0.2, 0.25) is 0 Å². The van der Waals surface area contributed by atoms with Gasteiger partial charge in [0.15, 0.2) is 0 Å². The summed E-state index contributed by atoms with van der Waals surface area (Å²) in [6.07, 6.45) is 4.48. The van der Waals surface area contributed by atoms with Gasteiger partial charge in [0.25, 0.3) is 0 Å². The van der Waals surface area contributed by atoms with Crippen LogP contribution in [0.3, 0.4) is 0 Å². The molecule has 11 aromatic carbocycles. The molecule has 314 valence electrons. The van der Waals surface area contributed by atoms with Crippen molar-refractivity contribution in [2.24, 2.45) is 7.05 Å². The first-order valence-electron chi connectivity index (χ1n) is 23.1. The molecule has 0 N–H and O–H groups in total. The van der Waals surface area contributed by atoms with Crippen molar-refractivity contribution in [3.05, 3.63) is 248 Å². The molecule has 0 aliphatic heterocycles. The molecule has 1 heterocycles. The molecule has 2 nitrogen and oxygen atoms in total. The molecular weight excluding hydrogens is 809 g/mol. The quantitative estimate of drug-likeness (QED) is 0.138. The average molecular weight is 853 g/mol. The zero-order valence-electron chi connectivity index (χ0n) is 37.1. The maximum absolute atomic E-state index is 2.45. The summed E-state index contributed by atoms with van der Waals surface area (Å²) in [6.45, 7) is 0. The molecule has 2 heteroatoms. The van der Waals surface area contributed by atoms with Crippen molar-refractivity contribution in [1.82, 2.24) is 4.57 Å². The van der Waals surface area contributed by atoms with Gasteiger partial charge in [-0.25, -0.2) is 0 Å². The summed E-state index contributed by atoms with van der Waals surface area (Å²) in [4.78, 5) is 2.33. The highest BCUT2D eigenvalue weighted by Gasteiger charge is 2.30. The van der Waals surface area contributed by atoms with Crippen LogP contribution in [0.25, 0.3) is 111 Å². The normalized spacial score (nSPS) is 11.9. The number of fused-ring (bicyclic) bond motifs is 7. The molecule has 0 fully saturated rings. The number of benzene rings is 11. The Bertz CT molecular complexity index is 3860. The van der Waals surface area contributed by atoms with Gasteiger partial charge in [-0.2, -0.15) is 0 Å². The van der Waals surface area contributed by atoms with Gasteiger partial charge in [0.05, 0.1) is 5.52 Å². The third-order valence-electron chi connectivity index (χ3n) is 13.9. The summed E-state index contributed by atoms with van der Waals surface area (Å²) < 4.78 is 2.33. The number of anilines is 3. The zero-order valence-corrected chi connectivity index (χ0v) is 37.1. The predicted molar refractivity (Wildman–Crippen MR) is 286 cm³/mol. The zero-order chi connectivity index (χ0) is 44.4. The molecule has 1 aromatic heterocycles. The van der Waals surface area contributed by atoms with Crippen LogP contribution >= 0.6 is 0 Å². The van der Waals surface area contributed by atoms with E-state index in [1.54, 1.807) is 0 Å². The molecule has 0 radical (unpaired) electrons. The SMILES string of the molecule is Cn1c2cc(/C=C/c3ccc4cc(-c5cc(-c6ccccc6)c6c(c5-c5ccccc5)-c5cccc7cccc-6c57)ccc4c3)ccc2c2ccc(N(c3ccccc3)c3ccccc3)cc21. The second-order valence-electron chi connectivity index (χ2n) is 17.7. The van der Waals surface area contributed by atoms with E-state index < -0.39 is 0 Å². The van der Waals surface area contributed by atoms with E-state index in [2.05, 4.69) is 265 Å². The topological polar surface area (TPSA) is 8.17 Å². The van der Waals surface area contributed by atoms with Gasteiger partial charge >= 0.3 is 0 Å². The molecule has 0 bridgehead atoms. The van der Waals surface area contributed by atoms with Crippen LogP contribution in [0.4, 0.5) is 17.1 Å². The first-order chi connectivity index (χ1) is 33.1. The van der Waals surface area contributed by atoms with Crippen LogP contribution in [0.2, 0.25) is 0 Å². The molecule has 12 aromatic rings. The molecule has 0 spiro atoms. The van der Waals surface area contributed by atoms with Crippen molar-refractivity contribution in [1.29, 1.82) is 0 Å². The minimum atomic E-state index is 1.13. The average Bonchev–Trinajstić information content (AvgIpc) is 3.88. The summed E-state index contributed by atoms with van der Waals surface area (Å²) in [7, 11) is 2.18. The highest BCUT2D eigenvalue weighted by Crippen LogP contribution is 2.57. The first-order valence-corrected chi connectivity index (χ1v) is 23.1. The molecule has 67 heavy (non-hydrogen) atoms. The summed E-state index contributed by atoms with van der Waals surface area (Å²) in [5.41, 5.74) is 20.8. The van der Waals surface area contributed by atoms with E-state index in [4.69, 9.17) is 0 Å². The van der Waals surface area contributed by atoms with Gasteiger partial charge < -0.3 is 9.47 Å². The fourth-order valence-corrected chi connectivity index (χ4v) is 10.7. The Morgan fingerprint density at radius 3 is 1.55 bits per heavy atom. The molecule has 0 saturated carbocycles. The molecular formula is C65H44N2. The van der Waals surface area contributed by atoms with Crippen molar-refractivity contribution in [2.45, 2.75) is 0 Å². The smallest absolute Gasteiger partial charge is 0.0509 e. The Morgan fingerprint density at radius 1 is 0.328 bits per heavy atom. The van der Waals surface area contributed by atoms with Gasteiger partial charge in [0.1, 0.15) is 0 Å². The number of hydrogen-bond donors (Lipinski definition) is 0. The predicted octanol–water partition coefficient (Wildman–Crippen LogP) is 17.9. The van der Waals surface area contributed by atoms with Crippen LogP contribution in [0.5, 0.6) is 0 Å². The first kappa shape index (κ1) is 38.7. The van der Waals surface area contributed by atoms with Crippen molar-refractivity contribution in [3.63, 3.8) is 0 Å². The lowest BCUT2D eigenvalue weighted by molar-refractivity contribution is 1.01. The van der Waals surface area contributed by atoms with Crippen LogP contribution in [0.15, 0.2) is 237 Å². The van der Waals surface area contributed by atoms with Crippen molar-refractivity contribution >= 4 is 72.6 Å². The molecule has 13 rings (SSSR count). The molecule has 0 unspecified atom stereocenters. The van der Waals surface area contributed by atoms with Gasteiger partial charge in [-0.1, -0.05) is 188 Å². The largest absolute Gasteiger partial charge is 0.344 e. The number of nitrogens with zero attached hydrogens (tertiary/aromatic N) is 2. The van der Waals surface area contributed by atoms with E-state index in [0.29, 0.717) is 0 Å². The Kier molecular flexibility index (Phi) is 9.11. The van der Waals surface area contributed by atoms with Crippen LogP contribution in [-0.4, -0.2) is 4.57 Å². The standard InChI is InChI=1S/C65H44N2/c1-66-60-39-44(31-36-54(60)55-37-35-53(41-61(55)66)67(51-22-10-4-11-23-51)52-24-12-5-13-25-52)29-28-43-30-32-49-40-50(34-33-48(49)38-43)59-42-58(45-16-6-2-7-17-45)64-56-26-14-20-46-21-15-27-57(62(46)56)65(64)63(59)47-18-8-3-9-19-47/h2-42H,1H3/b29-28+. The lowest BCUT2D eigenvalue weighted by Gasteiger charge is -2.25. The van der Waals surface area contributed by atoms with E-state index in [0.717, 1.165) is 17.1 Å². The van der Waals surface area contributed by atoms with Crippen LogP contribution in [0.1, 0.15) is 11.1 Å². The Balaban J connectivity index is 0.869. The summed E-state index contributed by atoms with van der Waals surface area (Å²) in [5.74, 6) is 0. The van der Waals surface area contributed by atoms with E-state index in [-0.39, 0.29) is 0 Å². The fraction of sp³-hybridized carbons (Fsp3) is 0.0154. The third-order valence-corrected chi connectivity index (χ3v) is 13.9. The summed E-state index contributed by atoms with van der Waals surface area (Å²) in [5, 5.41) is 7.56. The second kappa shape index (κ2) is 15.8. The second-order valence-corrected chi connectivity index (χ2v) is 17.7. The number of para-hydroxylation sites is 2. The number of aryl methyl sites for hydroxylation is 1. The van der Waals surface area contributed by atoms with E-state index in [9.17, 15) is 0 Å². The van der Waals surface area contributed by atoms with Crippen LogP contribution in [-0.2, 0) is 7.05 Å². The van der Waals surface area contributed by atoms with Gasteiger partial charge in [-0.05, 0) is 149 Å². The highest BCUT2D eigenvalue weighted by atomic mass is 15.1. The Hall–Kier alpha value is -8.72. The Labute approximate surface area is 390 Å². The molecule has 0 amide bonds. The summed E-state index contributed by atoms with van der Waals surface area (Å²) in [6, 6.07) is 86.6. The van der Waals surface area contributed by atoms with E-state index >= 15 is 0 Å². The molecule has 0 atom stereocenters. The number of hydrogen-bond acceptors (Lipinski definition) is 1. The maximum Gasteiger partial charge on any atom is 0.0509 e. The maximum atomic E-state index is 2.45. The van der Waals surface area contributed by atoms with Gasteiger partial charge in [-0.15, -0.1) is 0 Å². The van der Waals surface area contributed by atoms with Crippen molar-refractivity contribution in [2.75, 3.05) is 4.90 Å². The molecule has 0 saturated heterocycles. The van der Waals surface area contributed by atoms with Crippen LogP contribution < -0.4 is 4.90 Å². The highest BCUT2D eigenvalue weighted by molar-refractivity contribution is 6.23. The fourth-order valence-electron chi connectivity index (χ4n) is 10.7. The molecule has 1 aliphatic rings. The monoisotopic (exact) mass is 852 g/mol. The lowest BCUT2D eigenvalue weighted by Crippen LogP contribution is -2.09. The van der Waals surface area contributed by atoms with E-state index in [1.807, 2.05) is 0 Å².